The maximum atomic E-state index is 14.3. The summed E-state index contributed by atoms with van der Waals surface area (Å²) in [6, 6.07) is 22.5. The van der Waals surface area contributed by atoms with Gasteiger partial charge in [0.25, 0.3) is 5.91 Å². The molecule has 0 aliphatic carbocycles. The number of hydrogen-bond acceptors (Lipinski definition) is 6. The van der Waals surface area contributed by atoms with Crippen molar-refractivity contribution in [3.05, 3.63) is 119 Å². The molecule has 0 radical (unpaired) electrons. The van der Waals surface area contributed by atoms with Crippen LogP contribution in [0.1, 0.15) is 68.5 Å². The van der Waals surface area contributed by atoms with Crippen molar-refractivity contribution in [2.75, 3.05) is 19.7 Å². The number of nitrogens with zero attached hydrogens (tertiary/aromatic N) is 2. The Morgan fingerprint density at radius 1 is 0.811 bits per heavy atom. The van der Waals surface area contributed by atoms with E-state index in [9.17, 15) is 32.7 Å². The zero-order chi connectivity index (χ0) is 38.5. The van der Waals surface area contributed by atoms with E-state index in [1.165, 1.54) is 17.0 Å². The van der Waals surface area contributed by atoms with E-state index in [2.05, 4.69) is 20.8 Å². The van der Waals surface area contributed by atoms with E-state index in [0.29, 0.717) is 39.7 Å². The van der Waals surface area contributed by atoms with Gasteiger partial charge >= 0.3 is 18.4 Å². The van der Waals surface area contributed by atoms with Gasteiger partial charge in [-0.05, 0) is 107 Å². The average Bonchev–Trinajstić information content (AvgIpc) is 3.10. The number of fused-ring (bicyclic) bond motifs is 1. The van der Waals surface area contributed by atoms with E-state index in [0.717, 1.165) is 23.3 Å². The third-order valence-corrected chi connectivity index (χ3v) is 8.77. The summed E-state index contributed by atoms with van der Waals surface area (Å²) in [5.41, 5.74) is 2.20. The van der Waals surface area contributed by atoms with Gasteiger partial charge in [-0.25, -0.2) is 14.5 Å². The van der Waals surface area contributed by atoms with Gasteiger partial charge in [0.2, 0.25) is 0 Å². The normalized spacial score (nSPS) is 14.4. The molecular weight excluding hydrogens is 689 g/mol. The lowest BCUT2D eigenvalue weighted by Crippen LogP contribution is -2.50. The minimum absolute atomic E-state index is 0.0390. The van der Waals surface area contributed by atoms with Crippen LogP contribution in [0.5, 0.6) is 23.0 Å². The van der Waals surface area contributed by atoms with Gasteiger partial charge in [-0.2, -0.15) is 13.2 Å². The van der Waals surface area contributed by atoms with Crippen molar-refractivity contribution in [3.8, 4) is 23.0 Å². The lowest BCUT2D eigenvalue weighted by atomic mass is 9.87. The molecule has 1 N–H and O–H groups in total. The summed E-state index contributed by atoms with van der Waals surface area (Å²) in [6.45, 7) is 10.2. The lowest BCUT2D eigenvalue weighted by molar-refractivity contribution is -0.137. The Hall–Kier alpha value is -5.52. The molecule has 1 aliphatic heterocycles. The average molecular weight is 733 g/mol. The minimum Gasteiger partial charge on any atom is -0.465 e. The molecule has 0 aromatic heterocycles. The molecule has 1 heterocycles. The fourth-order valence-electron chi connectivity index (χ4n) is 5.86. The van der Waals surface area contributed by atoms with E-state index < -0.39 is 35.9 Å². The quantitative estimate of drug-likeness (QED) is 0.173. The van der Waals surface area contributed by atoms with Gasteiger partial charge in [0.05, 0.1) is 12.2 Å². The van der Waals surface area contributed by atoms with Gasteiger partial charge in [-0.15, -0.1) is 0 Å². The number of imide groups is 1. The summed E-state index contributed by atoms with van der Waals surface area (Å²) < 4.78 is 56.1. The number of ether oxygens (including phenoxy) is 3. The van der Waals surface area contributed by atoms with Gasteiger partial charge in [-0.1, -0.05) is 65.0 Å². The van der Waals surface area contributed by atoms with Gasteiger partial charge < -0.3 is 19.3 Å². The second-order valence-corrected chi connectivity index (χ2v) is 14.3. The van der Waals surface area contributed by atoms with Crippen LogP contribution in [-0.4, -0.2) is 52.7 Å². The van der Waals surface area contributed by atoms with E-state index in [-0.39, 0.29) is 43.2 Å². The van der Waals surface area contributed by atoms with E-state index in [1.807, 2.05) is 44.2 Å². The number of benzene rings is 4. The Morgan fingerprint density at radius 3 is 1.87 bits per heavy atom. The minimum atomic E-state index is -4.46. The number of rotatable bonds is 10. The Morgan fingerprint density at radius 2 is 1.34 bits per heavy atom. The zero-order valence-electron chi connectivity index (χ0n) is 30.3. The zero-order valence-corrected chi connectivity index (χ0v) is 30.3. The fraction of sp³-hybridized carbons (Fsp3) is 0.341. The number of carboxylic acid groups (broad SMARTS) is 1. The third kappa shape index (κ3) is 9.88. The molecular formula is C41H43F3N2O7. The first-order valence-electron chi connectivity index (χ1n) is 17.3. The number of carbonyl (C=O) groups is 3. The van der Waals surface area contributed by atoms with Crippen LogP contribution in [0.15, 0.2) is 91.0 Å². The summed E-state index contributed by atoms with van der Waals surface area (Å²) in [4.78, 5) is 42.3. The van der Waals surface area contributed by atoms with Crippen LogP contribution in [0.3, 0.4) is 0 Å². The van der Waals surface area contributed by atoms with Crippen molar-refractivity contribution in [2.24, 2.45) is 5.92 Å². The van der Waals surface area contributed by atoms with Crippen molar-refractivity contribution >= 4 is 18.1 Å². The summed E-state index contributed by atoms with van der Waals surface area (Å²) in [5.74, 6) is 0.795. The second-order valence-electron chi connectivity index (χ2n) is 14.3. The highest BCUT2D eigenvalue weighted by Gasteiger charge is 2.41. The Labute approximate surface area is 306 Å². The van der Waals surface area contributed by atoms with Gasteiger partial charge in [0.15, 0.2) is 0 Å². The molecule has 0 fully saturated rings. The highest BCUT2D eigenvalue weighted by molar-refractivity contribution is 5.97. The molecule has 1 atom stereocenters. The second kappa shape index (κ2) is 16.0. The number of carbonyl (C=O) groups excluding carboxylic acids is 2. The van der Waals surface area contributed by atoms with E-state index >= 15 is 0 Å². The van der Waals surface area contributed by atoms with E-state index in [4.69, 9.17) is 14.2 Å². The molecule has 4 aromatic carbocycles. The molecule has 0 unspecified atom stereocenters. The molecule has 4 aromatic rings. The van der Waals surface area contributed by atoms with Gasteiger partial charge in [0.1, 0.15) is 29.0 Å². The standard InChI is InChI=1S/C41H43F3N2O7/c1-26(2)25-51-39(50)45-23-21-28-8-15-34(53-33-16-9-29(10-17-33)40(3,4)5)24-35(28)36(45)37(47)46(38(48)49)22-20-27-6-13-31(14-7-27)52-32-18-11-30(12-19-32)41(42,43)44/h6-19,24,26,36H,20-23,25H2,1-5H3,(H,48,49)/t36-/m0/s1. The van der Waals surface area contributed by atoms with Crippen molar-refractivity contribution in [2.45, 2.75) is 65.1 Å². The van der Waals surface area contributed by atoms with Gasteiger partial charge in [-0.3, -0.25) is 9.69 Å². The Bertz CT molecular complexity index is 1900. The molecule has 0 spiro atoms. The molecule has 280 valence electrons. The van der Waals surface area contributed by atoms with E-state index in [1.54, 1.807) is 36.4 Å². The van der Waals surface area contributed by atoms with Crippen LogP contribution < -0.4 is 9.47 Å². The predicted molar refractivity (Wildman–Crippen MR) is 192 cm³/mol. The maximum absolute atomic E-state index is 14.3. The third-order valence-electron chi connectivity index (χ3n) is 8.77. The Balaban J connectivity index is 1.35. The first-order valence-corrected chi connectivity index (χ1v) is 17.3. The first kappa shape index (κ1) is 38.7. The monoisotopic (exact) mass is 732 g/mol. The smallest absolute Gasteiger partial charge is 0.416 e. The highest BCUT2D eigenvalue weighted by atomic mass is 19.4. The highest BCUT2D eigenvalue weighted by Crippen LogP contribution is 2.37. The molecule has 5 rings (SSSR count). The fourth-order valence-corrected chi connectivity index (χ4v) is 5.86. The molecule has 1 aliphatic rings. The van der Waals surface area contributed by atoms with Crippen molar-refractivity contribution in [1.29, 1.82) is 0 Å². The van der Waals surface area contributed by atoms with Crippen LogP contribution in [0, 0.1) is 5.92 Å². The van der Waals surface area contributed by atoms with Crippen molar-refractivity contribution < 1.29 is 46.9 Å². The van der Waals surface area contributed by atoms with Crippen molar-refractivity contribution in [1.82, 2.24) is 9.80 Å². The number of alkyl halides is 3. The summed E-state index contributed by atoms with van der Waals surface area (Å²) >= 11 is 0. The molecule has 12 heteroatoms. The number of halogens is 3. The molecule has 0 saturated heterocycles. The summed E-state index contributed by atoms with van der Waals surface area (Å²) in [6.07, 6.45) is -6.10. The number of amides is 3. The largest absolute Gasteiger partial charge is 0.465 e. The van der Waals surface area contributed by atoms with Crippen LogP contribution in [0.25, 0.3) is 0 Å². The van der Waals surface area contributed by atoms with Crippen molar-refractivity contribution in [3.63, 3.8) is 0 Å². The van der Waals surface area contributed by atoms with Crippen LogP contribution in [-0.2, 0) is 34.0 Å². The molecule has 9 nitrogen and oxygen atoms in total. The van der Waals surface area contributed by atoms with Crippen LogP contribution in [0.4, 0.5) is 22.8 Å². The molecule has 53 heavy (non-hydrogen) atoms. The Kier molecular flexibility index (Phi) is 11.7. The first-order chi connectivity index (χ1) is 25.0. The maximum Gasteiger partial charge on any atom is 0.416 e. The summed E-state index contributed by atoms with van der Waals surface area (Å²) in [7, 11) is 0. The molecule has 3 amide bonds. The molecule has 0 saturated carbocycles. The predicted octanol–water partition coefficient (Wildman–Crippen LogP) is 10.0. The van der Waals surface area contributed by atoms with Crippen LogP contribution >= 0.6 is 0 Å². The van der Waals surface area contributed by atoms with Gasteiger partial charge in [0, 0.05) is 13.1 Å². The van der Waals surface area contributed by atoms with Crippen LogP contribution in [0.2, 0.25) is 0 Å². The SMILES string of the molecule is CC(C)COC(=O)N1CCc2ccc(Oc3ccc(C(C)(C)C)cc3)cc2[C@H]1C(=O)N(CCc1ccc(Oc2ccc(C(F)(F)F)cc2)cc1)C(=O)O. The molecule has 0 bridgehead atoms. The number of hydrogen-bond donors (Lipinski definition) is 1. The summed E-state index contributed by atoms with van der Waals surface area (Å²) in [5, 5.41) is 10.3. The lowest BCUT2D eigenvalue weighted by Gasteiger charge is -2.37. The topological polar surface area (TPSA) is 106 Å².